The maximum Gasteiger partial charge on any atom is 0.268 e. The van der Waals surface area contributed by atoms with Gasteiger partial charge in [0.2, 0.25) is 5.82 Å². The molecule has 3 heterocycles. The van der Waals surface area contributed by atoms with Crippen molar-refractivity contribution in [1.82, 2.24) is 15.0 Å². The third-order valence-corrected chi connectivity index (χ3v) is 4.74. The van der Waals surface area contributed by atoms with Gasteiger partial charge in [-0.15, -0.1) is 11.3 Å². The number of ether oxygens (including phenoxy) is 1. The van der Waals surface area contributed by atoms with Crippen molar-refractivity contribution in [2.45, 2.75) is 32.9 Å². The molecule has 2 N–H and O–H groups in total. The quantitative estimate of drug-likeness (QED) is 0.938. The largest absolute Gasteiger partial charge is 0.391 e. The molecule has 1 atom stereocenters. The van der Waals surface area contributed by atoms with E-state index in [-0.39, 0.29) is 6.10 Å². The zero-order valence-corrected chi connectivity index (χ0v) is 13.3. The van der Waals surface area contributed by atoms with Gasteiger partial charge in [0, 0.05) is 19.1 Å². The number of hydrogen-bond donors (Lipinski definition) is 1. The lowest BCUT2D eigenvalue weighted by molar-refractivity contribution is -0.0450. The molecule has 114 valence electrons. The second-order valence-electron chi connectivity index (χ2n) is 5.57. The van der Waals surface area contributed by atoms with E-state index in [4.69, 9.17) is 15.0 Å². The summed E-state index contributed by atoms with van der Waals surface area (Å²) in [7, 11) is 0. The van der Waals surface area contributed by atoms with Gasteiger partial charge in [0.15, 0.2) is 0 Å². The Morgan fingerprint density at radius 3 is 2.95 bits per heavy atom. The maximum atomic E-state index is 5.82. The molecule has 1 unspecified atom stereocenters. The minimum atomic E-state index is -0.128. The fourth-order valence-electron chi connectivity index (χ4n) is 2.47. The minimum Gasteiger partial charge on any atom is -0.391 e. The van der Waals surface area contributed by atoms with Crippen molar-refractivity contribution in [3.8, 4) is 10.8 Å². The third-order valence-electron chi connectivity index (χ3n) is 3.69. The van der Waals surface area contributed by atoms with E-state index in [0.717, 1.165) is 28.5 Å². The SMILES string of the molecule is Cc1cc(N)sc1-c1nc(C2CN(C(C)C)CCO2)no1. The summed E-state index contributed by atoms with van der Waals surface area (Å²) in [5.74, 6) is 1.14. The van der Waals surface area contributed by atoms with Crippen LogP contribution in [0.3, 0.4) is 0 Å². The second-order valence-corrected chi connectivity index (χ2v) is 6.65. The highest BCUT2D eigenvalue weighted by atomic mass is 32.1. The Bertz CT molecular complexity index is 622. The average Bonchev–Trinajstić information content (AvgIpc) is 3.05. The smallest absolute Gasteiger partial charge is 0.268 e. The van der Waals surface area contributed by atoms with Gasteiger partial charge in [0.05, 0.1) is 16.5 Å². The molecule has 0 spiro atoms. The molecule has 0 amide bonds. The van der Waals surface area contributed by atoms with E-state index in [9.17, 15) is 0 Å². The first-order chi connectivity index (χ1) is 10.0. The van der Waals surface area contributed by atoms with Gasteiger partial charge in [0.25, 0.3) is 5.89 Å². The Morgan fingerprint density at radius 2 is 2.29 bits per heavy atom. The highest BCUT2D eigenvalue weighted by molar-refractivity contribution is 7.19. The van der Waals surface area contributed by atoms with E-state index in [1.807, 2.05) is 13.0 Å². The molecule has 2 aromatic heterocycles. The highest BCUT2D eigenvalue weighted by Crippen LogP contribution is 2.33. The monoisotopic (exact) mass is 308 g/mol. The van der Waals surface area contributed by atoms with Crippen LogP contribution in [0, 0.1) is 6.92 Å². The molecule has 1 aliphatic heterocycles. The second kappa shape index (κ2) is 5.75. The summed E-state index contributed by atoms with van der Waals surface area (Å²) >= 11 is 1.46. The van der Waals surface area contributed by atoms with Crippen LogP contribution in [0.1, 0.15) is 31.3 Å². The molecule has 1 fully saturated rings. The first-order valence-corrected chi connectivity index (χ1v) is 7.91. The number of nitrogens with zero attached hydrogens (tertiary/aromatic N) is 3. The first kappa shape index (κ1) is 14.5. The summed E-state index contributed by atoms with van der Waals surface area (Å²) in [4.78, 5) is 7.79. The number of rotatable bonds is 3. The molecule has 0 aromatic carbocycles. The molecule has 7 heteroatoms. The molecule has 0 aliphatic carbocycles. The topological polar surface area (TPSA) is 77.4 Å². The Kier molecular flexibility index (Phi) is 3.97. The van der Waals surface area contributed by atoms with Crippen LogP contribution in [0.4, 0.5) is 5.00 Å². The van der Waals surface area contributed by atoms with E-state index in [2.05, 4.69) is 28.9 Å². The number of nitrogen functional groups attached to an aromatic ring is 1. The van der Waals surface area contributed by atoms with Crippen LogP contribution >= 0.6 is 11.3 Å². The number of aryl methyl sites for hydroxylation is 1. The van der Waals surface area contributed by atoms with Crippen molar-refractivity contribution in [2.75, 3.05) is 25.4 Å². The van der Waals surface area contributed by atoms with Gasteiger partial charge in [-0.1, -0.05) is 5.16 Å². The van der Waals surface area contributed by atoms with Crippen LogP contribution in [0.15, 0.2) is 10.6 Å². The van der Waals surface area contributed by atoms with Gasteiger partial charge in [-0.05, 0) is 32.4 Å². The van der Waals surface area contributed by atoms with Crippen molar-refractivity contribution < 1.29 is 9.26 Å². The molecule has 21 heavy (non-hydrogen) atoms. The molecule has 0 radical (unpaired) electrons. The van der Waals surface area contributed by atoms with Crippen molar-refractivity contribution >= 4 is 16.3 Å². The summed E-state index contributed by atoms with van der Waals surface area (Å²) in [6.45, 7) is 8.78. The van der Waals surface area contributed by atoms with Crippen LogP contribution < -0.4 is 5.73 Å². The minimum absolute atomic E-state index is 0.128. The number of hydrogen-bond acceptors (Lipinski definition) is 7. The Hall–Kier alpha value is -1.44. The highest BCUT2D eigenvalue weighted by Gasteiger charge is 2.28. The lowest BCUT2D eigenvalue weighted by Crippen LogP contribution is -2.42. The van der Waals surface area contributed by atoms with E-state index in [0.29, 0.717) is 24.4 Å². The molecular weight excluding hydrogens is 288 g/mol. The van der Waals surface area contributed by atoms with E-state index in [1.54, 1.807) is 0 Å². The van der Waals surface area contributed by atoms with Gasteiger partial charge >= 0.3 is 0 Å². The fraction of sp³-hybridized carbons (Fsp3) is 0.571. The van der Waals surface area contributed by atoms with Crippen LogP contribution in [-0.2, 0) is 4.74 Å². The fourth-order valence-corrected chi connectivity index (χ4v) is 3.33. The predicted octanol–water partition coefficient (Wildman–Crippen LogP) is 2.47. The summed E-state index contributed by atoms with van der Waals surface area (Å²) in [5, 5.41) is 4.84. The van der Waals surface area contributed by atoms with Crippen molar-refractivity contribution in [3.05, 3.63) is 17.5 Å². The van der Waals surface area contributed by atoms with Gasteiger partial charge in [-0.25, -0.2) is 0 Å². The predicted molar refractivity (Wildman–Crippen MR) is 82.2 cm³/mol. The number of aromatic nitrogens is 2. The third kappa shape index (κ3) is 2.95. The summed E-state index contributed by atoms with van der Waals surface area (Å²) in [5.41, 5.74) is 6.87. The average molecular weight is 308 g/mol. The molecule has 1 aliphatic rings. The van der Waals surface area contributed by atoms with Gasteiger partial charge in [-0.2, -0.15) is 4.98 Å². The normalized spacial score (nSPS) is 20.3. The Balaban J connectivity index is 1.80. The van der Waals surface area contributed by atoms with Crippen LogP contribution in [0.2, 0.25) is 0 Å². The van der Waals surface area contributed by atoms with Gasteiger partial charge < -0.3 is 15.0 Å². The van der Waals surface area contributed by atoms with Gasteiger partial charge in [0.1, 0.15) is 6.10 Å². The summed E-state index contributed by atoms with van der Waals surface area (Å²) < 4.78 is 11.2. The summed E-state index contributed by atoms with van der Waals surface area (Å²) in [6, 6.07) is 2.41. The van der Waals surface area contributed by atoms with E-state index >= 15 is 0 Å². The Morgan fingerprint density at radius 1 is 1.48 bits per heavy atom. The van der Waals surface area contributed by atoms with Crippen molar-refractivity contribution in [3.63, 3.8) is 0 Å². The molecular formula is C14H20N4O2S. The zero-order valence-electron chi connectivity index (χ0n) is 12.5. The first-order valence-electron chi connectivity index (χ1n) is 7.10. The summed E-state index contributed by atoms with van der Waals surface area (Å²) in [6.07, 6.45) is -0.128. The molecule has 2 aromatic rings. The molecule has 0 bridgehead atoms. The number of anilines is 1. The standard InChI is InChI=1S/C14H20N4O2S/c1-8(2)18-4-5-19-10(7-18)13-16-14(20-17-13)12-9(3)6-11(15)21-12/h6,8,10H,4-5,7,15H2,1-3H3. The van der Waals surface area contributed by atoms with E-state index < -0.39 is 0 Å². The van der Waals surface area contributed by atoms with Crippen LogP contribution in [0.5, 0.6) is 0 Å². The number of thiophene rings is 1. The zero-order chi connectivity index (χ0) is 15.0. The molecule has 6 nitrogen and oxygen atoms in total. The van der Waals surface area contributed by atoms with Crippen LogP contribution in [0.25, 0.3) is 10.8 Å². The van der Waals surface area contributed by atoms with Crippen LogP contribution in [-0.4, -0.2) is 40.8 Å². The molecule has 0 saturated carbocycles. The van der Waals surface area contributed by atoms with E-state index in [1.165, 1.54) is 11.3 Å². The lowest BCUT2D eigenvalue weighted by atomic mass is 10.2. The maximum absolute atomic E-state index is 5.82. The van der Waals surface area contributed by atoms with Crippen molar-refractivity contribution in [2.24, 2.45) is 0 Å². The Labute approximate surface area is 127 Å². The lowest BCUT2D eigenvalue weighted by Gasteiger charge is -2.34. The van der Waals surface area contributed by atoms with Gasteiger partial charge in [-0.3, -0.25) is 4.90 Å². The van der Waals surface area contributed by atoms with Crippen molar-refractivity contribution in [1.29, 1.82) is 0 Å². The molecule has 3 rings (SSSR count). The number of morpholine rings is 1. The molecule has 1 saturated heterocycles. The number of nitrogens with two attached hydrogens (primary N) is 1.